The smallest absolute Gasteiger partial charge is 0.216 e. The van der Waals surface area contributed by atoms with E-state index in [1.54, 1.807) is 0 Å². The third-order valence-corrected chi connectivity index (χ3v) is 3.24. The first-order valence-corrected chi connectivity index (χ1v) is 6.53. The molecule has 0 aromatic heterocycles. The van der Waals surface area contributed by atoms with E-state index < -0.39 is 0 Å². The molecule has 0 fully saturated rings. The number of benzene rings is 1. The minimum Gasteiger partial charge on any atom is -0.381 e. The Labute approximate surface area is 112 Å². The van der Waals surface area contributed by atoms with Gasteiger partial charge in [-0.05, 0) is 56.5 Å². The van der Waals surface area contributed by atoms with Crippen molar-refractivity contribution in [2.24, 2.45) is 0 Å². The fourth-order valence-electron chi connectivity index (χ4n) is 1.29. The lowest BCUT2D eigenvalue weighted by Crippen LogP contribution is -2.26. The van der Waals surface area contributed by atoms with E-state index in [2.05, 4.69) is 42.5 Å². The molecule has 0 aliphatic carbocycles. The van der Waals surface area contributed by atoms with E-state index >= 15 is 0 Å². The van der Waals surface area contributed by atoms with Crippen LogP contribution >= 0.6 is 31.9 Å². The molecule has 1 amide bonds. The first-order valence-electron chi connectivity index (χ1n) is 4.94. The number of aryl methyl sites for hydroxylation is 1. The minimum atomic E-state index is -0.0103. The van der Waals surface area contributed by atoms with Gasteiger partial charge in [-0.3, -0.25) is 4.79 Å². The SMILES string of the molecule is CC(=O)NCCNc1c(Br)cc(C)cc1Br. The number of carbonyl (C=O) groups excluding carboxylic acids is 1. The number of hydrogen-bond donors (Lipinski definition) is 2. The third kappa shape index (κ3) is 4.14. The second-order valence-corrected chi connectivity index (χ2v) is 5.22. The maximum Gasteiger partial charge on any atom is 0.216 e. The lowest BCUT2D eigenvalue weighted by molar-refractivity contribution is -0.118. The fraction of sp³-hybridized carbons (Fsp3) is 0.364. The normalized spacial score (nSPS) is 10.0. The zero-order valence-corrected chi connectivity index (χ0v) is 12.4. The van der Waals surface area contributed by atoms with Crippen LogP contribution in [0.5, 0.6) is 0 Å². The van der Waals surface area contributed by atoms with E-state index in [9.17, 15) is 4.79 Å². The van der Waals surface area contributed by atoms with Gasteiger partial charge in [0.2, 0.25) is 5.91 Å². The first-order chi connectivity index (χ1) is 7.50. The van der Waals surface area contributed by atoms with E-state index in [1.807, 2.05) is 19.1 Å². The molecule has 0 bridgehead atoms. The predicted molar refractivity (Wildman–Crippen MR) is 73.8 cm³/mol. The minimum absolute atomic E-state index is 0.0103. The van der Waals surface area contributed by atoms with E-state index in [4.69, 9.17) is 0 Å². The van der Waals surface area contributed by atoms with Crippen LogP contribution in [0, 0.1) is 6.92 Å². The predicted octanol–water partition coefficient (Wildman–Crippen LogP) is 3.07. The average Bonchev–Trinajstić information content (AvgIpc) is 2.14. The summed E-state index contributed by atoms with van der Waals surface area (Å²) >= 11 is 7.00. The molecule has 2 N–H and O–H groups in total. The summed E-state index contributed by atoms with van der Waals surface area (Å²) in [6, 6.07) is 4.09. The van der Waals surface area contributed by atoms with Crippen LogP contribution in [0.25, 0.3) is 0 Å². The van der Waals surface area contributed by atoms with Crippen molar-refractivity contribution >= 4 is 43.5 Å². The lowest BCUT2D eigenvalue weighted by atomic mass is 10.2. The maximum atomic E-state index is 10.7. The van der Waals surface area contributed by atoms with Gasteiger partial charge in [-0.2, -0.15) is 0 Å². The van der Waals surface area contributed by atoms with Gasteiger partial charge in [0, 0.05) is 29.0 Å². The van der Waals surface area contributed by atoms with Crippen molar-refractivity contribution in [1.29, 1.82) is 0 Å². The molecule has 88 valence electrons. The molecule has 3 nitrogen and oxygen atoms in total. The Morgan fingerprint density at radius 2 is 1.81 bits per heavy atom. The molecule has 1 aromatic rings. The van der Waals surface area contributed by atoms with Crippen molar-refractivity contribution in [3.8, 4) is 0 Å². The Morgan fingerprint density at radius 3 is 2.31 bits per heavy atom. The van der Waals surface area contributed by atoms with Crippen LogP contribution in [0.15, 0.2) is 21.1 Å². The number of halogens is 2. The molecular weight excluding hydrogens is 336 g/mol. The van der Waals surface area contributed by atoms with Crippen molar-refractivity contribution in [2.75, 3.05) is 18.4 Å². The van der Waals surface area contributed by atoms with E-state index in [0.29, 0.717) is 13.1 Å². The molecule has 0 atom stereocenters. The molecule has 0 aliphatic heterocycles. The second-order valence-electron chi connectivity index (χ2n) is 3.51. The van der Waals surface area contributed by atoms with Crippen LogP contribution in [0.3, 0.4) is 0 Å². The van der Waals surface area contributed by atoms with Gasteiger partial charge in [-0.1, -0.05) is 0 Å². The van der Waals surface area contributed by atoms with Crippen LogP contribution in [0.2, 0.25) is 0 Å². The van der Waals surface area contributed by atoms with Crippen molar-refractivity contribution in [2.45, 2.75) is 13.8 Å². The topological polar surface area (TPSA) is 41.1 Å². The monoisotopic (exact) mass is 348 g/mol. The standard InChI is InChI=1S/C11H14Br2N2O/c1-7-5-9(12)11(10(13)6-7)15-4-3-14-8(2)16/h5-6,15H,3-4H2,1-2H3,(H,14,16). The lowest BCUT2D eigenvalue weighted by Gasteiger charge is -2.11. The van der Waals surface area contributed by atoms with Gasteiger partial charge >= 0.3 is 0 Å². The van der Waals surface area contributed by atoms with Crippen LogP contribution in [0.1, 0.15) is 12.5 Å². The summed E-state index contributed by atoms with van der Waals surface area (Å²) in [4.78, 5) is 10.7. The van der Waals surface area contributed by atoms with Crippen LogP contribution < -0.4 is 10.6 Å². The van der Waals surface area contributed by atoms with Crippen molar-refractivity contribution < 1.29 is 4.79 Å². The molecule has 0 saturated carbocycles. The van der Waals surface area contributed by atoms with Gasteiger partial charge in [-0.25, -0.2) is 0 Å². The summed E-state index contributed by atoms with van der Waals surface area (Å²) in [5.41, 5.74) is 2.20. The van der Waals surface area contributed by atoms with Gasteiger partial charge < -0.3 is 10.6 Å². The molecule has 1 rings (SSSR count). The Hall–Kier alpha value is -0.550. The van der Waals surface area contributed by atoms with Gasteiger partial charge in [0.25, 0.3) is 0 Å². The molecular formula is C11H14Br2N2O. The molecule has 0 spiro atoms. The van der Waals surface area contributed by atoms with Crippen molar-refractivity contribution in [1.82, 2.24) is 5.32 Å². The van der Waals surface area contributed by atoms with Crippen LogP contribution in [-0.2, 0) is 4.79 Å². The second kappa shape index (κ2) is 6.25. The van der Waals surface area contributed by atoms with E-state index in [0.717, 1.165) is 14.6 Å². The van der Waals surface area contributed by atoms with E-state index in [-0.39, 0.29) is 5.91 Å². The number of carbonyl (C=O) groups is 1. The molecule has 0 aliphatic rings. The molecule has 0 unspecified atom stereocenters. The van der Waals surface area contributed by atoms with Crippen LogP contribution in [-0.4, -0.2) is 19.0 Å². The number of anilines is 1. The van der Waals surface area contributed by atoms with Gasteiger partial charge in [0.05, 0.1) is 5.69 Å². The zero-order valence-electron chi connectivity index (χ0n) is 9.23. The number of nitrogens with one attached hydrogen (secondary N) is 2. The molecule has 0 heterocycles. The molecule has 1 aromatic carbocycles. The molecule has 16 heavy (non-hydrogen) atoms. The highest BCUT2D eigenvalue weighted by molar-refractivity contribution is 9.11. The fourth-order valence-corrected chi connectivity index (χ4v) is 2.99. The number of amides is 1. The Kier molecular flexibility index (Phi) is 5.28. The van der Waals surface area contributed by atoms with Gasteiger partial charge in [-0.15, -0.1) is 0 Å². The molecule has 0 radical (unpaired) electrons. The zero-order chi connectivity index (χ0) is 12.1. The Morgan fingerprint density at radius 1 is 1.25 bits per heavy atom. The largest absolute Gasteiger partial charge is 0.381 e. The first kappa shape index (κ1) is 13.5. The maximum absolute atomic E-state index is 10.7. The number of rotatable bonds is 4. The quantitative estimate of drug-likeness (QED) is 0.820. The molecule has 0 saturated heterocycles. The highest BCUT2D eigenvalue weighted by atomic mass is 79.9. The highest BCUT2D eigenvalue weighted by Gasteiger charge is 2.05. The molecule has 5 heteroatoms. The summed E-state index contributed by atoms with van der Waals surface area (Å²) in [5.74, 6) is -0.0103. The van der Waals surface area contributed by atoms with Crippen molar-refractivity contribution in [3.05, 3.63) is 26.6 Å². The highest BCUT2D eigenvalue weighted by Crippen LogP contribution is 2.31. The Bertz CT molecular complexity index is 371. The average molecular weight is 350 g/mol. The summed E-state index contributed by atoms with van der Waals surface area (Å²) in [6.07, 6.45) is 0. The Balaban J connectivity index is 2.57. The summed E-state index contributed by atoms with van der Waals surface area (Å²) < 4.78 is 2.03. The third-order valence-electron chi connectivity index (χ3n) is 1.99. The summed E-state index contributed by atoms with van der Waals surface area (Å²) in [5, 5.41) is 5.99. The summed E-state index contributed by atoms with van der Waals surface area (Å²) in [7, 11) is 0. The van der Waals surface area contributed by atoms with Crippen LogP contribution in [0.4, 0.5) is 5.69 Å². The van der Waals surface area contributed by atoms with Gasteiger partial charge in [0.15, 0.2) is 0 Å². The number of hydrogen-bond acceptors (Lipinski definition) is 2. The van der Waals surface area contributed by atoms with Gasteiger partial charge in [0.1, 0.15) is 0 Å². The van der Waals surface area contributed by atoms with Crippen molar-refractivity contribution in [3.63, 3.8) is 0 Å². The summed E-state index contributed by atoms with van der Waals surface area (Å²) in [6.45, 7) is 4.86. The van der Waals surface area contributed by atoms with E-state index in [1.165, 1.54) is 12.5 Å².